The van der Waals surface area contributed by atoms with Gasteiger partial charge < -0.3 is 10.0 Å². The molecule has 0 aromatic carbocycles. The van der Waals surface area contributed by atoms with Gasteiger partial charge in [0.2, 0.25) is 0 Å². The molecule has 2 aromatic heterocycles. The van der Waals surface area contributed by atoms with Crippen LogP contribution in [0, 0.1) is 18.3 Å². The van der Waals surface area contributed by atoms with Gasteiger partial charge in [-0.1, -0.05) is 12.1 Å². The average molecular weight is 337 g/mol. The lowest BCUT2D eigenvalue weighted by Gasteiger charge is -2.41. The topological polar surface area (TPSA) is 76.3 Å². The molecular weight excluding hydrogens is 314 g/mol. The second-order valence-electron chi connectivity index (χ2n) is 6.35. The Balaban J connectivity index is 1.72. The highest BCUT2D eigenvalue weighted by Gasteiger charge is 2.27. The molecule has 0 unspecified atom stereocenters. The van der Waals surface area contributed by atoms with E-state index in [1.807, 2.05) is 37.3 Å². The predicted octanol–water partition coefficient (Wildman–Crippen LogP) is 1.73. The molecule has 1 fully saturated rings. The van der Waals surface area contributed by atoms with E-state index < -0.39 is 0 Å². The molecule has 0 amide bonds. The molecule has 3 heterocycles. The minimum absolute atomic E-state index is 0.155. The minimum atomic E-state index is 0.155. The molecule has 1 atom stereocenters. The van der Waals surface area contributed by atoms with Gasteiger partial charge in [-0.2, -0.15) is 5.26 Å². The van der Waals surface area contributed by atoms with E-state index in [1.165, 1.54) is 0 Å². The molecule has 0 radical (unpaired) electrons. The molecule has 1 aliphatic heterocycles. The van der Waals surface area contributed by atoms with E-state index >= 15 is 0 Å². The van der Waals surface area contributed by atoms with Crippen LogP contribution in [-0.2, 0) is 6.54 Å². The van der Waals surface area contributed by atoms with Crippen molar-refractivity contribution in [2.75, 3.05) is 31.1 Å². The normalized spacial score (nSPS) is 18.1. The molecule has 0 spiro atoms. The van der Waals surface area contributed by atoms with Crippen LogP contribution in [0.5, 0.6) is 0 Å². The Morgan fingerprint density at radius 3 is 2.80 bits per heavy atom. The van der Waals surface area contributed by atoms with Crippen molar-refractivity contribution in [1.82, 2.24) is 14.9 Å². The van der Waals surface area contributed by atoms with Crippen molar-refractivity contribution in [1.29, 1.82) is 5.26 Å². The predicted molar refractivity (Wildman–Crippen MR) is 96.0 cm³/mol. The molecule has 25 heavy (non-hydrogen) atoms. The highest BCUT2D eigenvalue weighted by molar-refractivity contribution is 5.42. The van der Waals surface area contributed by atoms with E-state index in [0.717, 1.165) is 43.4 Å². The van der Waals surface area contributed by atoms with E-state index in [4.69, 9.17) is 5.26 Å². The van der Waals surface area contributed by atoms with E-state index in [2.05, 4.69) is 25.8 Å². The van der Waals surface area contributed by atoms with Gasteiger partial charge in [-0.25, -0.2) is 4.98 Å². The summed E-state index contributed by atoms with van der Waals surface area (Å²) in [5, 5.41) is 18.5. The first-order valence-corrected chi connectivity index (χ1v) is 8.59. The van der Waals surface area contributed by atoms with Crippen molar-refractivity contribution >= 4 is 5.82 Å². The number of aliphatic hydroxyl groups excluding tert-OH is 1. The third kappa shape index (κ3) is 4.32. The quantitative estimate of drug-likeness (QED) is 0.895. The lowest BCUT2D eigenvalue weighted by molar-refractivity contribution is 0.134. The Kier molecular flexibility index (Phi) is 5.59. The van der Waals surface area contributed by atoms with Gasteiger partial charge in [-0.3, -0.25) is 9.88 Å². The van der Waals surface area contributed by atoms with Crippen LogP contribution in [0.4, 0.5) is 5.82 Å². The maximum Gasteiger partial charge on any atom is 0.142 e. The van der Waals surface area contributed by atoms with Gasteiger partial charge in [0.15, 0.2) is 0 Å². The van der Waals surface area contributed by atoms with Crippen molar-refractivity contribution in [2.24, 2.45) is 0 Å². The van der Waals surface area contributed by atoms with Crippen LogP contribution in [0.3, 0.4) is 0 Å². The van der Waals surface area contributed by atoms with Crippen molar-refractivity contribution in [2.45, 2.75) is 25.9 Å². The number of hydrogen-bond donors (Lipinski definition) is 1. The average Bonchev–Trinajstić information content (AvgIpc) is 2.63. The number of rotatable bonds is 5. The molecular formula is C19H23N5O. The number of hydrogen-bond acceptors (Lipinski definition) is 6. The summed E-state index contributed by atoms with van der Waals surface area (Å²) < 4.78 is 0. The van der Waals surface area contributed by atoms with Gasteiger partial charge in [0, 0.05) is 44.5 Å². The second-order valence-corrected chi connectivity index (χ2v) is 6.35. The van der Waals surface area contributed by atoms with Gasteiger partial charge >= 0.3 is 0 Å². The van der Waals surface area contributed by atoms with E-state index in [9.17, 15) is 5.11 Å². The lowest BCUT2D eigenvalue weighted by atomic mass is 10.1. The first kappa shape index (κ1) is 17.3. The van der Waals surface area contributed by atoms with Crippen molar-refractivity contribution in [3.8, 4) is 6.07 Å². The fraction of sp³-hybridized carbons (Fsp3) is 0.421. The number of aliphatic hydroxyl groups is 1. The van der Waals surface area contributed by atoms with E-state index in [-0.39, 0.29) is 12.6 Å². The molecule has 6 nitrogen and oxygen atoms in total. The van der Waals surface area contributed by atoms with Gasteiger partial charge in [-0.05, 0) is 37.6 Å². The van der Waals surface area contributed by atoms with Crippen LogP contribution in [-0.4, -0.2) is 52.3 Å². The van der Waals surface area contributed by atoms with Crippen LogP contribution in [0.2, 0.25) is 0 Å². The Morgan fingerprint density at radius 1 is 1.20 bits per heavy atom. The summed E-state index contributed by atoms with van der Waals surface area (Å²) in [4.78, 5) is 13.6. The monoisotopic (exact) mass is 337 g/mol. The molecule has 0 bridgehead atoms. The molecule has 130 valence electrons. The maximum absolute atomic E-state index is 9.47. The second kappa shape index (κ2) is 8.06. The third-order valence-electron chi connectivity index (χ3n) is 4.55. The number of anilines is 1. The lowest BCUT2D eigenvalue weighted by Crippen LogP contribution is -2.53. The molecule has 2 aromatic rings. The van der Waals surface area contributed by atoms with Crippen LogP contribution in [0.25, 0.3) is 0 Å². The molecule has 0 saturated carbocycles. The smallest absolute Gasteiger partial charge is 0.142 e. The molecule has 6 heteroatoms. The van der Waals surface area contributed by atoms with Gasteiger partial charge in [0.1, 0.15) is 17.6 Å². The molecule has 1 N–H and O–H groups in total. The fourth-order valence-corrected chi connectivity index (χ4v) is 3.29. The van der Waals surface area contributed by atoms with Gasteiger partial charge in [-0.15, -0.1) is 0 Å². The number of nitriles is 1. The van der Waals surface area contributed by atoms with Crippen LogP contribution in [0.15, 0.2) is 36.4 Å². The van der Waals surface area contributed by atoms with Crippen molar-refractivity contribution in [3.05, 3.63) is 53.5 Å². The van der Waals surface area contributed by atoms with Crippen molar-refractivity contribution in [3.63, 3.8) is 0 Å². The number of nitrogens with zero attached hydrogens (tertiary/aromatic N) is 5. The van der Waals surface area contributed by atoms with E-state index in [1.54, 1.807) is 6.07 Å². The van der Waals surface area contributed by atoms with Crippen molar-refractivity contribution < 1.29 is 5.11 Å². The SMILES string of the molecule is Cc1cccc(CN2CCN(c3cccc(C#N)n3)C[C@@H]2CCO)n1. The third-order valence-corrected chi connectivity index (χ3v) is 4.55. The number of pyridine rings is 2. The fourth-order valence-electron chi connectivity index (χ4n) is 3.29. The summed E-state index contributed by atoms with van der Waals surface area (Å²) in [6.07, 6.45) is 0.709. The van der Waals surface area contributed by atoms with Crippen LogP contribution >= 0.6 is 0 Å². The standard InChI is InChI=1S/C19H23N5O/c1-15-4-2-6-17(21-15)13-23-9-10-24(14-18(23)8-11-25)19-7-3-5-16(12-20)22-19/h2-7,18,25H,8-11,13-14H2,1H3/t18-/m0/s1. The first-order chi connectivity index (χ1) is 12.2. The number of aromatic nitrogens is 2. The summed E-state index contributed by atoms with van der Waals surface area (Å²) >= 11 is 0. The van der Waals surface area contributed by atoms with Gasteiger partial charge in [0.05, 0.1) is 5.69 Å². The summed E-state index contributed by atoms with van der Waals surface area (Å²) in [6.45, 7) is 5.44. The molecule has 1 saturated heterocycles. The molecule has 0 aliphatic carbocycles. The largest absolute Gasteiger partial charge is 0.396 e. The van der Waals surface area contributed by atoms with Crippen LogP contribution in [0.1, 0.15) is 23.5 Å². The summed E-state index contributed by atoms with van der Waals surface area (Å²) in [7, 11) is 0. The Labute approximate surface area is 148 Å². The zero-order chi connectivity index (χ0) is 17.6. The first-order valence-electron chi connectivity index (χ1n) is 8.59. The minimum Gasteiger partial charge on any atom is -0.396 e. The highest BCUT2D eigenvalue weighted by Crippen LogP contribution is 2.20. The Hall–Kier alpha value is -2.49. The summed E-state index contributed by atoms with van der Waals surface area (Å²) in [5.74, 6) is 0.829. The molecule has 1 aliphatic rings. The van der Waals surface area contributed by atoms with Crippen LogP contribution < -0.4 is 4.90 Å². The summed E-state index contributed by atoms with van der Waals surface area (Å²) in [6, 6.07) is 13.9. The zero-order valence-electron chi connectivity index (χ0n) is 14.5. The molecule has 3 rings (SSSR count). The Bertz CT molecular complexity index is 757. The zero-order valence-corrected chi connectivity index (χ0v) is 14.5. The number of aryl methyl sites for hydroxylation is 1. The summed E-state index contributed by atoms with van der Waals surface area (Å²) in [5.41, 5.74) is 2.51. The highest BCUT2D eigenvalue weighted by atomic mass is 16.3. The van der Waals surface area contributed by atoms with E-state index in [0.29, 0.717) is 12.1 Å². The number of piperazine rings is 1. The maximum atomic E-state index is 9.47. The Morgan fingerprint density at radius 2 is 2.04 bits per heavy atom. The van der Waals surface area contributed by atoms with Gasteiger partial charge in [0.25, 0.3) is 0 Å².